The van der Waals surface area contributed by atoms with Crippen LogP contribution in [0.3, 0.4) is 0 Å². The van der Waals surface area contributed by atoms with Crippen LogP contribution in [0.25, 0.3) is 75.8 Å². The van der Waals surface area contributed by atoms with E-state index in [1.54, 1.807) is 0 Å². The van der Waals surface area contributed by atoms with E-state index in [9.17, 15) is 0 Å². The van der Waals surface area contributed by atoms with Crippen molar-refractivity contribution in [2.75, 3.05) is 9.80 Å². The third-order valence-electron chi connectivity index (χ3n) is 14.5. The van der Waals surface area contributed by atoms with Gasteiger partial charge < -0.3 is 9.80 Å². The standard InChI is InChI=1S/C66H52N2/c1-41-19-7-17-29-63(41)67(47-31-33-59-55-25-11-9-21-51(55)53-23-13-15-27-57(53)61(59)39-47)49-35-43(3)65(44(4)36-49)66-45(5)37-50(38-46(66)6)68(64-30-18-8-20-42(64)2)48-32-34-60-56-26-12-10-22-52(56)54-24-14-16-28-58(54)62(60)40-48/h7-40H,1-6H3. The fourth-order valence-corrected chi connectivity index (χ4v) is 11.5. The molecule has 0 aliphatic rings. The van der Waals surface area contributed by atoms with Gasteiger partial charge >= 0.3 is 0 Å². The zero-order valence-electron chi connectivity index (χ0n) is 39.5. The Hall–Kier alpha value is -8.20. The van der Waals surface area contributed by atoms with Crippen LogP contribution in [0.4, 0.5) is 34.1 Å². The lowest BCUT2D eigenvalue weighted by Crippen LogP contribution is -2.13. The van der Waals surface area contributed by atoms with E-state index in [-0.39, 0.29) is 0 Å². The predicted octanol–water partition coefficient (Wildman–Crippen LogP) is 19.1. The minimum atomic E-state index is 1.14. The van der Waals surface area contributed by atoms with Crippen molar-refractivity contribution >= 4 is 98.8 Å². The number of anilines is 6. The van der Waals surface area contributed by atoms with E-state index in [2.05, 4.69) is 258 Å². The number of hydrogen-bond donors (Lipinski definition) is 0. The van der Waals surface area contributed by atoms with Gasteiger partial charge in [-0.3, -0.25) is 0 Å². The minimum absolute atomic E-state index is 1.14. The molecule has 0 amide bonds. The molecule has 12 aromatic rings. The summed E-state index contributed by atoms with van der Waals surface area (Å²) in [5.74, 6) is 0. The van der Waals surface area contributed by atoms with Crippen molar-refractivity contribution in [1.82, 2.24) is 0 Å². The van der Waals surface area contributed by atoms with Crippen LogP contribution in [0.1, 0.15) is 33.4 Å². The van der Waals surface area contributed by atoms with Crippen LogP contribution >= 0.6 is 0 Å². The Balaban J connectivity index is 0.998. The average Bonchev–Trinajstić information content (AvgIpc) is 3.36. The SMILES string of the molecule is Cc1ccccc1N(c1cc(C)c(-c2c(C)cc(N(c3ccc4c5ccccc5c5ccccc5c4c3)c3ccccc3C)cc2C)c(C)c1)c1ccc2c3ccccc3c3ccccc3c2c1. The monoisotopic (exact) mass is 872 g/mol. The first kappa shape index (κ1) is 41.2. The van der Waals surface area contributed by atoms with Gasteiger partial charge in [0.05, 0.1) is 0 Å². The Morgan fingerprint density at radius 1 is 0.206 bits per heavy atom. The lowest BCUT2D eigenvalue weighted by atomic mass is 9.88. The molecule has 12 rings (SSSR count). The maximum Gasteiger partial charge on any atom is 0.0490 e. The lowest BCUT2D eigenvalue weighted by Gasteiger charge is -2.30. The summed E-state index contributed by atoms with van der Waals surface area (Å²) in [5.41, 5.74) is 17.0. The van der Waals surface area contributed by atoms with E-state index in [1.807, 2.05) is 0 Å². The largest absolute Gasteiger partial charge is 0.310 e. The molecule has 0 bridgehead atoms. The van der Waals surface area contributed by atoms with Crippen molar-refractivity contribution in [3.05, 3.63) is 240 Å². The van der Waals surface area contributed by atoms with Crippen molar-refractivity contribution in [3.63, 3.8) is 0 Å². The van der Waals surface area contributed by atoms with Crippen LogP contribution in [0, 0.1) is 41.5 Å². The topological polar surface area (TPSA) is 6.48 Å². The van der Waals surface area contributed by atoms with Crippen molar-refractivity contribution in [3.8, 4) is 11.1 Å². The van der Waals surface area contributed by atoms with Crippen LogP contribution in [0.5, 0.6) is 0 Å². The molecule has 2 nitrogen and oxygen atoms in total. The lowest BCUT2D eigenvalue weighted by molar-refractivity contribution is 1.22. The molecule has 0 atom stereocenters. The van der Waals surface area contributed by atoms with Crippen LogP contribution < -0.4 is 9.80 Å². The van der Waals surface area contributed by atoms with Crippen molar-refractivity contribution in [2.24, 2.45) is 0 Å². The van der Waals surface area contributed by atoms with Crippen LogP contribution in [-0.4, -0.2) is 0 Å². The maximum atomic E-state index is 2.46. The number of nitrogens with zero attached hydrogens (tertiary/aromatic N) is 2. The summed E-state index contributed by atoms with van der Waals surface area (Å²) < 4.78 is 0. The number of hydrogen-bond acceptors (Lipinski definition) is 2. The molecule has 326 valence electrons. The number of aryl methyl sites for hydroxylation is 6. The molecule has 68 heavy (non-hydrogen) atoms. The summed E-state index contributed by atoms with van der Waals surface area (Å²) in [6, 6.07) is 76.5. The average molecular weight is 873 g/mol. The summed E-state index contributed by atoms with van der Waals surface area (Å²) in [5, 5.41) is 15.3. The number of benzene rings is 12. The quantitative estimate of drug-likeness (QED) is 0.147. The highest BCUT2D eigenvalue weighted by molar-refractivity contribution is 6.27. The molecule has 0 saturated heterocycles. The van der Waals surface area contributed by atoms with Gasteiger partial charge in [0, 0.05) is 34.1 Å². The highest BCUT2D eigenvalue weighted by Gasteiger charge is 2.23. The third kappa shape index (κ3) is 6.62. The van der Waals surface area contributed by atoms with E-state index in [0.29, 0.717) is 0 Å². The summed E-state index contributed by atoms with van der Waals surface area (Å²) in [7, 11) is 0. The number of fused-ring (bicyclic) bond motifs is 12. The van der Waals surface area contributed by atoms with E-state index in [4.69, 9.17) is 0 Å². The Morgan fingerprint density at radius 2 is 0.456 bits per heavy atom. The first-order valence-corrected chi connectivity index (χ1v) is 23.8. The highest BCUT2D eigenvalue weighted by atomic mass is 15.1. The van der Waals surface area contributed by atoms with Gasteiger partial charge in [-0.25, -0.2) is 0 Å². The second kappa shape index (κ2) is 16.3. The van der Waals surface area contributed by atoms with E-state index >= 15 is 0 Å². The summed E-state index contributed by atoms with van der Waals surface area (Å²) in [4.78, 5) is 4.92. The van der Waals surface area contributed by atoms with Crippen LogP contribution in [0.15, 0.2) is 206 Å². The van der Waals surface area contributed by atoms with Gasteiger partial charge in [-0.1, -0.05) is 146 Å². The molecule has 12 aromatic carbocycles. The first-order chi connectivity index (χ1) is 33.2. The Kier molecular flexibility index (Phi) is 9.88. The summed E-state index contributed by atoms with van der Waals surface area (Å²) >= 11 is 0. The molecule has 0 N–H and O–H groups in total. The first-order valence-electron chi connectivity index (χ1n) is 23.8. The summed E-state index contributed by atoms with van der Waals surface area (Å²) in [6.45, 7) is 13.6. The molecule has 0 unspecified atom stereocenters. The van der Waals surface area contributed by atoms with Crippen molar-refractivity contribution < 1.29 is 0 Å². The molecule has 0 radical (unpaired) electrons. The number of rotatable bonds is 7. The van der Waals surface area contributed by atoms with Crippen LogP contribution in [-0.2, 0) is 0 Å². The fraction of sp³-hybridized carbons (Fsp3) is 0.0909. The Bertz CT molecular complexity index is 3630. The van der Waals surface area contributed by atoms with Crippen molar-refractivity contribution in [1.29, 1.82) is 0 Å². The molecule has 0 fully saturated rings. The maximum absolute atomic E-state index is 2.46. The van der Waals surface area contributed by atoms with E-state index < -0.39 is 0 Å². The van der Waals surface area contributed by atoms with Gasteiger partial charge in [0.2, 0.25) is 0 Å². The molecule has 0 heterocycles. The Labute approximate surface area is 399 Å². The normalized spacial score (nSPS) is 11.7. The number of para-hydroxylation sites is 2. The van der Waals surface area contributed by atoms with E-state index in [0.717, 1.165) is 22.7 Å². The second-order valence-corrected chi connectivity index (χ2v) is 18.8. The molecule has 0 aliphatic heterocycles. The van der Waals surface area contributed by atoms with Crippen molar-refractivity contribution in [2.45, 2.75) is 41.5 Å². The third-order valence-corrected chi connectivity index (χ3v) is 14.5. The minimum Gasteiger partial charge on any atom is -0.310 e. The summed E-state index contributed by atoms with van der Waals surface area (Å²) in [6.07, 6.45) is 0. The zero-order chi connectivity index (χ0) is 46.2. The smallest absolute Gasteiger partial charge is 0.0490 e. The van der Waals surface area contributed by atoms with Gasteiger partial charge in [-0.05, 0) is 211 Å². The molecule has 0 aliphatic carbocycles. The van der Waals surface area contributed by atoms with E-state index in [1.165, 1.54) is 121 Å². The zero-order valence-corrected chi connectivity index (χ0v) is 39.5. The molecule has 0 spiro atoms. The molecule has 0 saturated carbocycles. The van der Waals surface area contributed by atoms with Gasteiger partial charge in [0.15, 0.2) is 0 Å². The highest BCUT2D eigenvalue weighted by Crippen LogP contribution is 2.47. The molecule has 0 aromatic heterocycles. The van der Waals surface area contributed by atoms with Gasteiger partial charge in [0.1, 0.15) is 0 Å². The van der Waals surface area contributed by atoms with Gasteiger partial charge in [-0.2, -0.15) is 0 Å². The van der Waals surface area contributed by atoms with Gasteiger partial charge in [0.25, 0.3) is 0 Å². The van der Waals surface area contributed by atoms with Crippen LogP contribution in [0.2, 0.25) is 0 Å². The molecular formula is C66H52N2. The Morgan fingerprint density at radius 3 is 0.750 bits per heavy atom. The second-order valence-electron chi connectivity index (χ2n) is 18.8. The fourth-order valence-electron chi connectivity index (χ4n) is 11.5. The predicted molar refractivity (Wildman–Crippen MR) is 295 cm³/mol. The molecule has 2 heteroatoms. The van der Waals surface area contributed by atoms with Gasteiger partial charge in [-0.15, -0.1) is 0 Å². The molecular weight excluding hydrogens is 821 g/mol.